The number of nitrogens with one attached hydrogen (secondary N) is 1. The summed E-state index contributed by atoms with van der Waals surface area (Å²) in [5.41, 5.74) is 6.66. The average Bonchev–Trinajstić information content (AvgIpc) is 3.18. The first kappa shape index (κ1) is 14.4. The first-order chi connectivity index (χ1) is 9.65. The van der Waals surface area contributed by atoms with E-state index < -0.39 is 0 Å². The first-order valence-corrected chi connectivity index (χ1v) is 6.81. The third kappa shape index (κ3) is 3.52. The highest BCUT2D eigenvalue weighted by Crippen LogP contribution is 2.36. The summed E-state index contributed by atoms with van der Waals surface area (Å²) in [4.78, 5) is 12.1. The van der Waals surface area contributed by atoms with Gasteiger partial charge in [0.25, 0.3) is 5.91 Å². The zero-order chi connectivity index (χ0) is 14.5. The van der Waals surface area contributed by atoms with E-state index in [9.17, 15) is 4.79 Å². The highest BCUT2D eigenvalue weighted by atomic mass is 16.5. The van der Waals surface area contributed by atoms with Crippen molar-refractivity contribution in [2.75, 3.05) is 20.2 Å². The number of hydrogen-bond acceptors (Lipinski definition) is 3. The summed E-state index contributed by atoms with van der Waals surface area (Å²) < 4.78 is 5.22. The molecule has 1 fully saturated rings. The third-order valence-corrected chi connectivity index (χ3v) is 3.59. The van der Waals surface area contributed by atoms with Crippen LogP contribution in [0.15, 0.2) is 18.2 Å². The van der Waals surface area contributed by atoms with Crippen molar-refractivity contribution in [3.05, 3.63) is 29.3 Å². The van der Waals surface area contributed by atoms with Gasteiger partial charge in [0, 0.05) is 12.1 Å². The number of hydrogen-bond donors (Lipinski definition) is 2. The lowest BCUT2D eigenvalue weighted by atomic mass is 10.1. The van der Waals surface area contributed by atoms with Crippen LogP contribution in [0.2, 0.25) is 0 Å². The molecule has 2 unspecified atom stereocenters. The summed E-state index contributed by atoms with van der Waals surface area (Å²) in [6.45, 7) is 3.22. The minimum Gasteiger partial charge on any atom is -0.495 e. The minimum absolute atomic E-state index is 0.0671. The van der Waals surface area contributed by atoms with Crippen molar-refractivity contribution in [3.8, 4) is 17.6 Å². The number of nitrogens with two attached hydrogens (primary N) is 1. The molecule has 1 amide bonds. The van der Waals surface area contributed by atoms with Crippen molar-refractivity contribution < 1.29 is 9.53 Å². The third-order valence-electron chi connectivity index (χ3n) is 3.59. The molecule has 4 nitrogen and oxygen atoms in total. The van der Waals surface area contributed by atoms with Crippen LogP contribution in [0.1, 0.15) is 29.3 Å². The molecule has 2 rings (SSSR count). The number of carbonyl (C=O) groups excluding carboxylic acids is 1. The van der Waals surface area contributed by atoms with Crippen LogP contribution in [0, 0.1) is 23.7 Å². The molecular formula is C16H20N2O2. The highest BCUT2D eigenvalue weighted by molar-refractivity contribution is 5.94. The molecule has 1 aliphatic rings. The van der Waals surface area contributed by atoms with Crippen LogP contribution in [0.4, 0.5) is 0 Å². The SMILES string of the molecule is COc1ccc(C(=O)NCC2CC2C)cc1C#CCN. The smallest absolute Gasteiger partial charge is 0.251 e. The van der Waals surface area contributed by atoms with Gasteiger partial charge in [-0.25, -0.2) is 0 Å². The van der Waals surface area contributed by atoms with Gasteiger partial charge >= 0.3 is 0 Å². The molecule has 0 aliphatic heterocycles. The summed E-state index contributed by atoms with van der Waals surface area (Å²) >= 11 is 0. The zero-order valence-corrected chi connectivity index (χ0v) is 11.9. The predicted molar refractivity (Wildman–Crippen MR) is 78.5 cm³/mol. The van der Waals surface area contributed by atoms with Gasteiger partial charge in [-0.15, -0.1) is 0 Å². The molecule has 0 saturated heterocycles. The summed E-state index contributed by atoms with van der Waals surface area (Å²) in [7, 11) is 1.58. The van der Waals surface area contributed by atoms with E-state index >= 15 is 0 Å². The molecule has 0 bridgehead atoms. The second kappa shape index (κ2) is 6.44. The van der Waals surface area contributed by atoms with E-state index in [0.29, 0.717) is 22.8 Å². The van der Waals surface area contributed by atoms with Gasteiger partial charge in [0.2, 0.25) is 0 Å². The topological polar surface area (TPSA) is 64.3 Å². The van der Waals surface area contributed by atoms with E-state index in [1.807, 2.05) is 0 Å². The molecule has 4 heteroatoms. The molecule has 20 heavy (non-hydrogen) atoms. The summed E-state index contributed by atoms with van der Waals surface area (Å²) in [6, 6.07) is 5.25. The van der Waals surface area contributed by atoms with Gasteiger partial charge in [0.05, 0.1) is 19.2 Å². The fourth-order valence-electron chi connectivity index (χ4n) is 2.10. The van der Waals surface area contributed by atoms with Crippen molar-refractivity contribution >= 4 is 5.91 Å². The van der Waals surface area contributed by atoms with E-state index in [0.717, 1.165) is 12.5 Å². The van der Waals surface area contributed by atoms with Crippen LogP contribution in [0.25, 0.3) is 0 Å². The standard InChI is InChI=1S/C16H20N2O2/c1-11-8-14(11)10-18-16(19)13-5-6-15(20-2)12(9-13)4-3-7-17/h5-6,9,11,14H,7-8,10,17H2,1-2H3,(H,18,19). The second-order valence-corrected chi connectivity index (χ2v) is 5.10. The molecule has 2 atom stereocenters. The van der Waals surface area contributed by atoms with Crippen LogP contribution in [-0.2, 0) is 0 Å². The molecule has 1 aromatic rings. The predicted octanol–water partition coefficient (Wildman–Crippen LogP) is 1.39. The van der Waals surface area contributed by atoms with Crippen LogP contribution in [0.5, 0.6) is 5.75 Å². The molecule has 0 heterocycles. The van der Waals surface area contributed by atoms with Gasteiger partial charge in [0.1, 0.15) is 5.75 Å². The largest absolute Gasteiger partial charge is 0.495 e. The van der Waals surface area contributed by atoms with Crippen LogP contribution < -0.4 is 15.8 Å². The van der Waals surface area contributed by atoms with Gasteiger partial charge in [-0.2, -0.15) is 0 Å². The molecule has 1 aliphatic carbocycles. The van der Waals surface area contributed by atoms with E-state index in [4.69, 9.17) is 10.5 Å². The number of methoxy groups -OCH3 is 1. The molecule has 1 aromatic carbocycles. The first-order valence-electron chi connectivity index (χ1n) is 6.81. The molecule has 3 N–H and O–H groups in total. The normalized spacial score (nSPS) is 19.8. The Labute approximate surface area is 119 Å². The maximum atomic E-state index is 12.1. The molecular weight excluding hydrogens is 252 g/mol. The molecule has 0 radical (unpaired) electrons. The maximum Gasteiger partial charge on any atom is 0.251 e. The summed E-state index contributed by atoms with van der Waals surface area (Å²) in [5, 5.41) is 2.96. The van der Waals surface area contributed by atoms with Gasteiger partial charge in [-0.05, 0) is 36.5 Å². The Bertz CT molecular complexity index is 557. The second-order valence-electron chi connectivity index (χ2n) is 5.10. The van der Waals surface area contributed by atoms with Crippen molar-refractivity contribution in [2.45, 2.75) is 13.3 Å². The van der Waals surface area contributed by atoms with Crippen molar-refractivity contribution in [1.29, 1.82) is 0 Å². The Kier molecular flexibility index (Phi) is 4.65. The number of carbonyl (C=O) groups is 1. The average molecular weight is 272 g/mol. The van der Waals surface area contributed by atoms with Crippen LogP contribution in [-0.4, -0.2) is 26.1 Å². The lowest BCUT2D eigenvalue weighted by Crippen LogP contribution is -2.25. The van der Waals surface area contributed by atoms with Crippen molar-refractivity contribution in [2.24, 2.45) is 17.6 Å². The number of amides is 1. The van der Waals surface area contributed by atoms with Gasteiger partial charge < -0.3 is 15.8 Å². The van der Waals surface area contributed by atoms with Gasteiger partial charge in [-0.1, -0.05) is 18.8 Å². The van der Waals surface area contributed by atoms with Crippen LogP contribution in [0.3, 0.4) is 0 Å². The molecule has 0 aromatic heterocycles. The Morgan fingerprint density at radius 3 is 2.90 bits per heavy atom. The maximum absolute atomic E-state index is 12.1. The van der Waals surface area contributed by atoms with Crippen LogP contribution >= 0.6 is 0 Å². The molecule has 106 valence electrons. The number of ether oxygens (including phenoxy) is 1. The van der Waals surface area contributed by atoms with E-state index in [-0.39, 0.29) is 12.5 Å². The quantitative estimate of drug-likeness (QED) is 0.814. The Morgan fingerprint density at radius 1 is 1.55 bits per heavy atom. The Balaban J connectivity index is 2.08. The molecule has 0 spiro atoms. The Hall–Kier alpha value is -1.99. The highest BCUT2D eigenvalue weighted by Gasteiger charge is 2.32. The molecule has 1 saturated carbocycles. The van der Waals surface area contributed by atoms with E-state index in [1.165, 1.54) is 6.42 Å². The van der Waals surface area contributed by atoms with Gasteiger partial charge in [-0.3, -0.25) is 4.79 Å². The lowest BCUT2D eigenvalue weighted by Gasteiger charge is -2.07. The van der Waals surface area contributed by atoms with Gasteiger partial charge in [0.15, 0.2) is 0 Å². The van der Waals surface area contributed by atoms with E-state index in [1.54, 1.807) is 25.3 Å². The minimum atomic E-state index is -0.0671. The lowest BCUT2D eigenvalue weighted by molar-refractivity contribution is 0.0951. The summed E-state index contributed by atoms with van der Waals surface area (Å²) in [6.07, 6.45) is 1.20. The Morgan fingerprint density at radius 2 is 2.30 bits per heavy atom. The van der Waals surface area contributed by atoms with Crippen molar-refractivity contribution in [1.82, 2.24) is 5.32 Å². The fraction of sp³-hybridized carbons (Fsp3) is 0.438. The van der Waals surface area contributed by atoms with E-state index in [2.05, 4.69) is 24.1 Å². The summed E-state index contributed by atoms with van der Waals surface area (Å²) in [5.74, 6) is 7.65. The number of benzene rings is 1. The number of rotatable bonds is 4. The fourth-order valence-corrected chi connectivity index (χ4v) is 2.10. The zero-order valence-electron chi connectivity index (χ0n) is 11.9. The monoisotopic (exact) mass is 272 g/mol. The van der Waals surface area contributed by atoms with Crippen molar-refractivity contribution in [3.63, 3.8) is 0 Å².